The van der Waals surface area contributed by atoms with Gasteiger partial charge in [0.25, 0.3) is 0 Å². The van der Waals surface area contributed by atoms with Gasteiger partial charge in [-0.2, -0.15) is 0 Å². The summed E-state index contributed by atoms with van der Waals surface area (Å²) >= 11 is 3.50. The van der Waals surface area contributed by atoms with Gasteiger partial charge in [0.2, 0.25) is 0 Å². The minimum Gasteiger partial charge on any atom is -0.323 e. The molecule has 1 nitrogen and oxygen atoms in total. The highest BCUT2D eigenvalue weighted by molar-refractivity contribution is 9.10. The number of nitrogens with two attached hydrogens (primary N) is 1. The predicted molar refractivity (Wildman–Crippen MR) is 63.7 cm³/mol. The van der Waals surface area contributed by atoms with E-state index in [1.54, 1.807) is 0 Å². The lowest BCUT2D eigenvalue weighted by atomic mass is 9.99. The van der Waals surface area contributed by atoms with Gasteiger partial charge < -0.3 is 5.73 Å². The second kappa shape index (κ2) is 3.22. The Labute approximate surface area is 98.6 Å². The molecule has 14 heavy (non-hydrogen) atoms. The third-order valence-electron chi connectivity index (χ3n) is 3.53. The summed E-state index contributed by atoms with van der Waals surface area (Å²) in [6, 6.07) is 6.80. The number of rotatable bonds is 0. The first-order valence-corrected chi connectivity index (χ1v) is 5.54. The van der Waals surface area contributed by atoms with E-state index in [1.165, 1.54) is 34.9 Å². The van der Waals surface area contributed by atoms with E-state index in [0.29, 0.717) is 11.5 Å². The molecule has 0 saturated heterocycles. The number of hydrogen-bond donors (Lipinski definition) is 1. The highest BCUT2D eigenvalue weighted by Crippen LogP contribution is 2.60. The van der Waals surface area contributed by atoms with E-state index in [4.69, 9.17) is 5.73 Å². The maximum atomic E-state index is 6.22. The molecule has 0 heterocycles. The highest BCUT2D eigenvalue weighted by atomic mass is 79.9. The summed E-state index contributed by atoms with van der Waals surface area (Å²) in [6.45, 7) is 0. The van der Waals surface area contributed by atoms with Crippen molar-refractivity contribution < 1.29 is 0 Å². The quantitative estimate of drug-likeness (QED) is 0.772. The van der Waals surface area contributed by atoms with Crippen LogP contribution in [0.25, 0.3) is 0 Å². The molecule has 2 aliphatic rings. The van der Waals surface area contributed by atoms with E-state index >= 15 is 0 Å². The second-order valence-corrected chi connectivity index (χ2v) is 5.28. The van der Waals surface area contributed by atoms with Gasteiger partial charge in [0.1, 0.15) is 0 Å². The Morgan fingerprint density at radius 2 is 2.07 bits per heavy atom. The Morgan fingerprint density at radius 3 is 2.71 bits per heavy atom. The monoisotopic (exact) mass is 273 g/mol. The molecule has 1 atom stereocenters. The van der Waals surface area contributed by atoms with Crippen LogP contribution in [0, 0.1) is 5.41 Å². The van der Waals surface area contributed by atoms with Crippen LogP contribution < -0.4 is 5.73 Å². The number of fused-ring (bicyclic) bond motifs is 1. The Morgan fingerprint density at radius 1 is 1.36 bits per heavy atom. The van der Waals surface area contributed by atoms with Gasteiger partial charge in [0, 0.05) is 10.5 Å². The van der Waals surface area contributed by atoms with E-state index in [9.17, 15) is 0 Å². The van der Waals surface area contributed by atoms with Gasteiger partial charge in [0.05, 0.1) is 0 Å². The third kappa shape index (κ3) is 1.32. The van der Waals surface area contributed by atoms with Crippen LogP contribution in [0.2, 0.25) is 0 Å². The number of hydrogen-bond acceptors (Lipinski definition) is 1. The molecule has 0 aromatic heterocycles. The third-order valence-corrected chi connectivity index (χ3v) is 4.03. The van der Waals surface area contributed by atoms with Crippen molar-refractivity contribution in [1.29, 1.82) is 0 Å². The lowest BCUT2D eigenvalue weighted by molar-refractivity contribution is 0.446. The summed E-state index contributed by atoms with van der Waals surface area (Å²) in [5.74, 6) is 0. The van der Waals surface area contributed by atoms with Crippen LogP contribution in [-0.2, 0) is 6.42 Å². The van der Waals surface area contributed by atoms with Crippen molar-refractivity contribution in [3.63, 3.8) is 0 Å². The van der Waals surface area contributed by atoms with Gasteiger partial charge in [-0.1, -0.05) is 22.0 Å². The fourth-order valence-electron chi connectivity index (χ4n) is 2.50. The van der Waals surface area contributed by atoms with Crippen LogP contribution in [0.1, 0.15) is 30.0 Å². The number of benzene rings is 1. The van der Waals surface area contributed by atoms with Gasteiger partial charge in [-0.05, 0) is 47.9 Å². The summed E-state index contributed by atoms with van der Waals surface area (Å²) in [5, 5.41) is 0. The zero-order chi connectivity index (χ0) is 9.05. The number of halogens is 2. The maximum absolute atomic E-state index is 6.22. The van der Waals surface area contributed by atoms with E-state index < -0.39 is 0 Å². The van der Waals surface area contributed by atoms with E-state index in [-0.39, 0.29) is 12.4 Å². The molecule has 0 radical (unpaired) electrons. The topological polar surface area (TPSA) is 26.0 Å². The normalized spacial score (nSPS) is 25.7. The zero-order valence-electron chi connectivity index (χ0n) is 7.79. The van der Waals surface area contributed by atoms with Crippen molar-refractivity contribution in [2.45, 2.75) is 25.3 Å². The summed E-state index contributed by atoms with van der Waals surface area (Å²) in [6.07, 6.45) is 3.84. The largest absolute Gasteiger partial charge is 0.323 e. The van der Waals surface area contributed by atoms with Crippen LogP contribution in [0.15, 0.2) is 22.7 Å². The zero-order valence-corrected chi connectivity index (χ0v) is 10.2. The van der Waals surface area contributed by atoms with Gasteiger partial charge in [0.15, 0.2) is 0 Å². The van der Waals surface area contributed by atoms with Gasteiger partial charge in [-0.15, -0.1) is 12.4 Å². The minimum atomic E-state index is 0. The van der Waals surface area contributed by atoms with Crippen molar-refractivity contribution in [3.05, 3.63) is 33.8 Å². The first kappa shape index (κ1) is 10.5. The van der Waals surface area contributed by atoms with Crippen molar-refractivity contribution in [3.8, 4) is 0 Å². The van der Waals surface area contributed by atoms with E-state index in [0.717, 1.165) is 0 Å². The molecule has 1 fully saturated rings. The molecule has 2 N–H and O–H groups in total. The SMILES string of the molecule is Cl.NC1c2ccc(Br)cc2CC12CC2. The molecule has 3 heteroatoms. The molecular weight excluding hydrogens is 261 g/mol. The first-order valence-electron chi connectivity index (χ1n) is 4.75. The summed E-state index contributed by atoms with van der Waals surface area (Å²) in [7, 11) is 0. The molecule has 1 aromatic rings. The van der Waals surface area contributed by atoms with E-state index in [1.807, 2.05) is 0 Å². The lowest BCUT2D eigenvalue weighted by Gasteiger charge is -2.12. The Balaban J connectivity index is 0.000000750. The van der Waals surface area contributed by atoms with Gasteiger partial charge in [-0.25, -0.2) is 0 Å². The molecule has 0 aliphatic heterocycles. The first-order chi connectivity index (χ1) is 6.21. The average molecular weight is 275 g/mol. The van der Waals surface area contributed by atoms with Crippen molar-refractivity contribution in [2.24, 2.45) is 11.1 Å². The molecule has 2 aliphatic carbocycles. The summed E-state index contributed by atoms with van der Waals surface area (Å²) < 4.78 is 1.18. The van der Waals surface area contributed by atoms with Crippen molar-refractivity contribution >= 4 is 28.3 Å². The fourth-order valence-corrected chi connectivity index (χ4v) is 2.91. The van der Waals surface area contributed by atoms with Crippen LogP contribution in [0.5, 0.6) is 0 Å². The average Bonchev–Trinajstić information content (AvgIpc) is 2.79. The van der Waals surface area contributed by atoms with Crippen LogP contribution in [-0.4, -0.2) is 0 Å². The van der Waals surface area contributed by atoms with Gasteiger partial charge >= 0.3 is 0 Å². The molecule has 1 unspecified atom stereocenters. The molecular formula is C11H13BrClN. The summed E-state index contributed by atoms with van der Waals surface area (Å²) in [4.78, 5) is 0. The Bertz CT molecular complexity index is 374. The van der Waals surface area contributed by atoms with Crippen molar-refractivity contribution in [1.82, 2.24) is 0 Å². The molecule has 1 spiro atoms. The van der Waals surface area contributed by atoms with Crippen LogP contribution in [0.4, 0.5) is 0 Å². The minimum absolute atomic E-state index is 0. The van der Waals surface area contributed by atoms with Crippen LogP contribution in [0.3, 0.4) is 0 Å². The predicted octanol–water partition coefficient (Wildman–Crippen LogP) is 3.21. The van der Waals surface area contributed by atoms with Crippen molar-refractivity contribution in [2.75, 3.05) is 0 Å². The molecule has 1 aromatic carbocycles. The van der Waals surface area contributed by atoms with E-state index in [2.05, 4.69) is 34.1 Å². The molecule has 3 rings (SSSR count). The molecule has 0 amide bonds. The smallest absolute Gasteiger partial charge is 0.0358 e. The molecule has 1 saturated carbocycles. The van der Waals surface area contributed by atoms with Gasteiger partial charge in [-0.3, -0.25) is 0 Å². The second-order valence-electron chi connectivity index (χ2n) is 4.36. The highest BCUT2D eigenvalue weighted by Gasteiger charge is 2.52. The Hall–Kier alpha value is -0.0500. The Kier molecular flexibility index (Phi) is 2.41. The standard InChI is InChI=1S/C11H12BrN.ClH/c12-8-1-2-9-7(5-8)6-11(3-4-11)10(9)13;/h1-2,5,10H,3-4,6,13H2;1H. The lowest BCUT2D eigenvalue weighted by Crippen LogP contribution is -2.17. The fraction of sp³-hybridized carbons (Fsp3) is 0.455. The molecule has 76 valence electrons. The maximum Gasteiger partial charge on any atom is 0.0358 e. The van der Waals surface area contributed by atoms with Crippen LogP contribution >= 0.6 is 28.3 Å². The molecule has 0 bridgehead atoms. The summed E-state index contributed by atoms with van der Waals surface area (Å²) in [5.41, 5.74) is 9.52.